The topological polar surface area (TPSA) is 170 Å². The lowest BCUT2D eigenvalue weighted by molar-refractivity contribution is -0.404. The standard InChI is InChI=1S/C15H24O.C6H3N3O7/c1-10-8-11(14(2,3)4)13(16)12(9-10)15(5,6)7;10-6-4(8(13)14)1-3(7(11)12)2-5(6)9(15)16/h8-9,16H,1-7H3;1-2,10H. The van der Waals surface area contributed by atoms with E-state index in [0.717, 1.165) is 11.1 Å². The van der Waals surface area contributed by atoms with Crippen LogP contribution in [-0.4, -0.2) is 25.0 Å². The summed E-state index contributed by atoms with van der Waals surface area (Å²) in [4.78, 5) is 27.8. The number of non-ortho nitro benzene ring substituents is 1. The number of phenolic OH excluding ortho intramolecular Hbond substituents is 2. The molecule has 0 unspecified atom stereocenters. The molecule has 174 valence electrons. The molecule has 0 aromatic heterocycles. The molecule has 0 aliphatic carbocycles. The highest BCUT2D eigenvalue weighted by molar-refractivity contribution is 5.64. The summed E-state index contributed by atoms with van der Waals surface area (Å²) in [6.07, 6.45) is 0. The van der Waals surface area contributed by atoms with Gasteiger partial charge in [0.15, 0.2) is 0 Å². The lowest BCUT2D eigenvalue weighted by atomic mass is 9.78. The van der Waals surface area contributed by atoms with Gasteiger partial charge in [-0.05, 0) is 28.9 Å². The summed E-state index contributed by atoms with van der Waals surface area (Å²) in [6, 6.07) is 5.07. The molecule has 32 heavy (non-hydrogen) atoms. The van der Waals surface area contributed by atoms with Crippen LogP contribution in [0.2, 0.25) is 0 Å². The van der Waals surface area contributed by atoms with Crippen LogP contribution in [0, 0.1) is 37.3 Å². The van der Waals surface area contributed by atoms with Crippen LogP contribution in [0.3, 0.4) is 0 Å². The van der Waals surface area contributed by atoms with E-state index in [1.165, 1.54) is 5.56 Å². The van der Waals surface area contributed by atoms with Gasteiger partial charge < -0.3 is 10.2 Å². The Balaban J connectivity index is 0.000000320. The second-order valence-corrected chi connectivity index (χ2v) is 9.31. The number of hydrogen-bond donors (Lipinski definition) is 2. The molecule has 11 nitrogen and oxygen atoms in total. The van der Waals surface area contributed by atoms with Gasteiger partial charge in [0.2, 0.25) is 0 Å². The molecule has 0 amide bonds. The maximum atomic E-state index is 10.4. The molecule has 2 aromatic rings. The molecule has 11 heteroatoms. The Kier molecular flexibility index (Phi) is 7.52. The molecular weight excluding hydrogens is 422 g/mol. The molecule has 0 fully saturated rings. The van der Waals surface area contributed by atoms with Gasteiger partial charge in [0, 0.05) is 0 Å². The van der Waals surface area contributed by atoms with E-state index in [1.807, 2.05) is 0 Å². The summed E-state index contributed by atoms with van der Waals surface area (Å²) in [5.41, 5.74) is 0.257. The maximum Gasteiger partial charge on any atom is 0.324 e. The predicted octanol–water partition coefficient (Wildman–Crippen LogP) is 5.41. The normalized spacial score (nSPS) is 11.3. The van der Waals surface area contributed by atoms with E-state index in [1.54, 1.807) is 0 Å². The molecule has 0 saturated carbocycles. The Bertz CT molecular complexity index is 996. The minimum absolute atomic E-state index is 0.0178. The van der Waals surface area contributed by atoms with Gasteiger partial charge in [-0.3, -0.25) is 30.3 Å². The van der Waals surface area contributed by atoms with Crippen LogP contribution in [0.15, 0.2) is 24.3 Å². The molecule has 0 saturated heterocycles. The molecule has 0 heterocycles. The molecule has 0 bridgehead atoms. The highest BCUT2D eigenvalue weighted by atomic mass is 16.6. The van der Waals surface area contributed by atoms with Crippen molar-refractivity contribution in [3.05, 3.63) is 71.3 Å². The third-order valence-corrected chi connectivity index (χ3v) is 4.53. The van der Waals surface area contributed by atoms with Crippen LogP contribution in [0.25, 0.3) is 0 Å². The minimum atomic E-state index is -1.21. The fraction of sp³-hybridized carbons (Fsp3) is 0.429. The summed E-state index contributed by atoms with van der Waals surface area (Å²) in [5.74, 6) is -0.744. The van der Waals surface area contributed by atoms with Crippen LogP contribution in [0.4, 0.5) is 17.1 Å². The number of aromatic hydroxyl groups is 2. The van der Waals surface area contributed by atoms with E-state index < -0.39 is 37.6 Å². The summed E-state index contributed by atoms with van der Waals surface area (Å²) in [6.45, 7) is 14.9. The smallest absolute Gasteiger partial charge is 0.324 e. The van der Waals surface area contributed by atoms with E-state index in [4.69, 9.17) is 5.11 Å². The van der Waals surface area contributed by atoms with Gasteiger partial charge >= 0.3 is 11.4 Å². The second kappa shape index (κ2) is 9.16. The van der Waals surface area contributed by atoms with Crippen LogP contribution >= 0.6 is 0 Å². The molecule has 0 aliphatic rings. The van der Waals surface area contributed by atoms with Crippen molar-refractivity contribution in [3.8, 4) is 11.5 Å². The number of rotatable bonds is 3. The van der Waals surface area contributed by atoms with E-state index in [-0.39, 0.29) is 10.8 Å². The summed E-state index contributed by atoms with van der Waals surface area (Å²) >= 11 is 0. The number of benzene rings is 2. The monoisotopic (exact) mass is 449 g/mol. The fourth-order valence-corrected chi connectivity index (χ4v) is 2.90. The molecule has 0 atom stereocenters. The van der Waals surface area contributed by atoms with Crippen molar-refractivity contribution in [1.82, 2.24) is 0 Å². The zero-order valence-corrected chi connectivity index (χ0v) is 19.0. The van der Waals surface area contributed by atoms with E-state index in [0.29, 0.717) is 17.9 Å². The van der Waals surface area contributed by atoms with E-state index in [2.05, 4.69) is 60.6 Å². The Morgan fingerprint density at radius 2 is 1.00 bits per heavy atom. The Hall–Kier alpha value is -3.76. The third kappa shape index (κ3) is 6.13. The van der Waals surface area contributed by atoms with Crippen molar-refractivity contribution >= 4 is 17.1 Å². The fourth-order valence-electron chi connectivity index (χ4n) is 2.90. The number of hydrogen-bond acceptors (Lipinski definition) is 8. The van der Waals surface area contributed by atoms with Gasteiger partial charge in [0.1, 0.15) is 5.75 Å². The average molecular weight is 449 g/mol. The first-order chi connectivity index (χ1) is 14.4. The predicted molar refractivity (Wildman–Crippen MR) is 118 cm³/mol. The Morgan fingerprint density at radius 1 is 0.656 bits per heavy atom. The van der Waals surface area contributed by atoms with Crippen molar-refractivity contribution in [2.24, 2.45) is 0 Å². The first-order valence-corrected chi connectivity index (χ1v) is 9.52. The lowest BCUT2D eigenvalue weighted by Crippen LogP contribution is -2.17. The molecule has 2 rings (SSSR count). The van der Waals surface area contributed by atoms with E-state index in [9.17, 15) is 35.4 Å². The highest BCUT2D eigenvalue weighted by Crippen LogP contribution is 2.40. The van der Waals surface area contributed by atoms with Crippen LogP contribution in [-0.2, 0) is 10.8 Å². The zero-order valence-electron chi connectivity index (χ0n) is 19.0. The van der Waals surface area contributed by atoms with Crippen LogP contribution < -0.4 is 0 Å². The summed E-state index contributed by atoms with van der Waals surface area (Å²) < 4.78 is 0. The molecule has 0 aliphatic heterocycles. The number of nitro benzene ring substituents is 3. The van der Waals surface area contributed by atoms with Crippen LogP contribution in [0.5, 0.6) is 11.5 Å². The van der Waals surface area contributed by atoms with Gasteiger partial charge in [-0.1, -0.05) is 59.2 Å². The zero-order chi connectivity index (χ0) is 25.2. The molecule has 0 radical (unpaired) electrons. The van der Waals surface area contributed by atoms with E-state index >= 15 is 0 Å². The first kappa shape index (κ1) is 26.3. The van der Waals surface area contributed by atoms with Crippen molar-refractivity contribution in [3.63, 3.8) is 0 Å². The number of nitrogens with zero attached hydrogens (tertiary/aromatic N) is 3. The second-order valence-electron chi connectivity index (χ2n) is 9.31. The number of aryl methyl sites for hydroxylation is 1. The third-order valence-electron chi connectivity index (χ3n) is 4.53. The Morgan fingerprint density at radius 3 is 1.25 bits per heavy atom. The first-order valence-electron chi connectivity index (χ1n) is 9.52. The SMILES string of the molecule is Cc1cc(C(C)(C)C)c(O)c(C(C)(C)C)c1.O=[N+]([O-])c1cc([N+](=O)[O-])c(O)c([N+](=O)[O-])c1. The van der Waals surface area contributed by atoms with Crippen molar-refractivity contribution in [2.75, 3.05) is 0 Å². The summed E-state index contributed by atoms with van der Waals surface area (Å²) in [7, 11) is 0. The van der Waals surface area contributed by atoms with Gasteiger partial charge in [0.25, 0.3) is 11.4 Å². The van der Waals surface area contributed by atoms with Crippen molar-refractivity contribution < 1.29 is 25.0 Å². The highest BCUT2D eigenvalue weighted by Gasteiger charge is 2.30. The quantitative estimate of drug-likeness (QED) is 0.462. The van der Waals surface area contributed by atoms with Crippen LogP contribution in [0.1, 0.15) is 58.2 Å². The molecule has 2 N–H and O–H groups in total. The van der Waals surface area contributed by atoms with Crippen molar-refractivity contribution in [2.45, 2.75) is 59.3 Å². The number of nitro groups is 3. The Labute approximate surface area is 184 Å². The molecule has 0 spiro atoms. The molecule has 2 aromatic carbocycles. The maximum absolute atomic E-state index is 10.4. The van der Waals surface area contributed by atoms with Crippen molar-refractivity contribution in [1.29, 1.82) is 0 Å². The molecular formula is C21H27N3O8. The van der Waals surface area contributed by atoms with Gasteiger partial charge in [-0.2, -0.15) is 0 Å². The minimum Gasteiger partial charge on any atom is -0.507 e. The average Bonchev–Trinajstić information content (AvgIpc) is 2.61. The van der Waals surface area contributed by atoms with Gasteiger partial charge in [-0.25, -0.2) is 0 Å². The lowest BCUT2D eigenvalue weighted by Gasteiger charge is -2.27. The number of phenols is 2. The van der Waals surface area contributed by atoms with Gasteiger partial charge in [0.05, 0.1) is 26.9 Å². The largest absolute Gasteiger partial charge is 0.507 e. The van der Waals surface area contributed by atoms with Gasteiger partial charge in [-0.15, -0.1) is 0 Å². The summed E-state index contributed by atoms with van der Waals surface area (Å²) in [5, 5.41) is 50.6.